The summed E-state index contributed by atoms with van der Waals surface area (Å²) >= 11 is 0. The molecule has 0 fully saturated rings. The van der Waals surface area contributed by atoms with Crippen LogP contribution in [0.3, 0.4) is 0 Å². The second-order valence-corrected chi connectivity index (χ2v) is 6.93. The molecule has 0 saturated carbocycles. The van der Waals surface area contributed by atoms with Crippen molar-refractivity contribution in [1.82, 2.24) is 0 Å². The highest BCUT2D eigenvalue weighted by Gasteiger charge is 2.04. The number of rotatable bonds is 17. The van der Waals surface area contributed by atoms with E-state index in [0.29, 0.717) is 12.2 Å². The van der Waals surface area contributed by atoms with E-state index >= 15 is 0 Å². The van der Waals surface area contributed by atoms with Gasteiger partial charge < -0.3 is 9.53 Å². The molecule has 3 nitrogen and oxygen atoms in total. The second kappa shape index (κ2) is 18.2. The maximum atomic E-state index is 11.2. The average Bonchev–Trinajstić information content (AvgIpc) is 2.63. The molecular weight excluding hydrogens is 324 g/mol. The van der Waals surface area contributed by atoms with Gasteiger partial charge in [-0.1, -0.05) is 63.5 Å². The third-order valence-electron chi connectivity index (χ3n) is 4.26. The van der Waals surface area contributed by atoms with Gasteiger partial charge in [0.15, 0.2) is 0 Å². The van der Waals surface area contributed by atoms with Gasteiger partial charge in [-0.3, -0.25) is 0 Å². The van der Waals surface area contributed by atoms with Gasteiger partial charge in [-0.25, -0.2) is 4.79 Å². The van der Waals surface area contributed by atoms with Gasteiger partial charge in [0, 0.05) is 11.5 Å². The lowest BCUT2D eigenvalue weighted by Crippen LogP contribution is -2.05. The van der Waals surface area contributed by atoms with Crippen molar-refractivity contribution in [3.63, 3.8) is 0 Å². The van der Waals surface area contributed by atoms with Crippen LogP contribution in [0.25, 0.3) is 0 Å². The standard InChI is InChI=1S/C23H38O3/c1-4-5-6-14-17-22(20-24)18-15-12-10-8-7-9-11-13-16-19-26-23(25)21(2)3/h7-8,12,15,20,22H,2,4-6,9-11,13-14,16-19H2,1,3H3. The van der Waals surface area contributed by atoms with Gasteiger partial charge in [-0.15, -0.1) is 0 Å². The molecule has 148 valence electrons. The maximum absolute atomic E-state index is 11.2. The van der Waals surface area contributed by atoms with Crippen LogP contribution >= 0.6 is 0 Å². The van der Waals surface area contributed by atoms with Crippen molar-refractivity contribution in [2.45, 2.75) is 84.5 Å². The topological polar surface area (TPSA) is 43.4 Å². The van der Waals surface area contributed by atoms with E-state index < -0.39 is 0 Å². The predicted octanol–water partition coefficient (Wildman–Crippen LogP) is 6.34. The maximum Gasteiger partial charge on any atom is 0.333 e. The van der Waals surface area contributed by atoms with Crippen LogP contribution < -0.4 is 0 Å². The molecule has 0 amide bonds. The van der Waals surface area contributed by atoms with Crippen LogP contribution in [0, 0.1) is 5.92 Å². The van der Waals surface area contributed by atoms with Crippen LogP contribution in [-0.4, -0.2) is 18.9 Å². The number of ether oxygens (including phenoxy) is 1. The normalized spacial score (nSPS) is 12.5. The molecular formula is C23H38O3. The summed E-state index contributed by atoms with van der Waals surface area (Å²) in [4.78, 5) is 22.3. The summed E-state index contributed by atoms with van der Waals surface area (Å²) in [7, 11) is 0. The molecule has 0 N–H and O–H groups in total. The number of allylic oxidation sites excluding steroid dienone is 4. The number of carbonyl (C=O) groups is 2. The van der Waals surface area contributed by atoms with Gasteiger partial charge in [0.2, 0.25) is 0 Å². The van der Waals surface area contributed by atoms with E-state index in [9.17, 15) is 9.59 Å². The van der Waals surface area contributed by atoms with Crippen LogP contribution in [0.1, 0.15) is 84.5 Å². The summed E-state index contributed by atoms with van der Waals surface area (Å²) in [5.41, 5.74) is 0.456. The first kappa shape index (κ1) is 24.4. The summed E-state index contributed by atoms with van der Waals surface area (Å²) in [6.07, 6.45) is 21.6. The van der Waals surface area contributed by atoms with Crippen molar-refractivity contribution in [3.8, 4) is 0 Å². The van der Waals surface area contributed by atoms with E-state index in [-0.39, 0.29) is 11.9 Å². The highest BCUT2D eigenvalue weighted by Crippen LogP contribution is 2.13. The minimum atomic E-state index is -0.297. The van der Waals surface area contributed by atoms with Crippen LogP contribution in [0.15, 0.2) is 36.5 Å². The molecule has 0 aliphatic carbocycles. The Morgan fingerprint density at radius 2 is 1.73 bits per heavy atom. The fourth-order valence-electron chi connectivity index (χ4n) is 2.56. The fraction of sp³-hybridized carbons (Fsp3) is 0.652. The van der Waals surface area contributed by atoms with Crippen LogP contribution in [-0.2, 0) is 14.3 Å². The van der Waals surface area contributed by atoms with Gasteiger partial charge in [0.1, 0.15) is 6.29 Å². The Kier molecular flexibility index (Phi) is 17.0. The van der Waals surface area contributed by atoms with E-state index in [2.05, 4.69) is 37.8 Å². The monoisotopic (exact) mass is 362 g/mol. The molecule has 1 atom stereocenters. The van der Waals surface area contributed by atoms with Crippen molar-refractivity contribution in [2.24, 2.45) is 5.92 Å². The van der Waals surface area contributed by atoms with E-state index in [0.717, 1.165) is 57.7 Å². The van der Waals surface area contributed by atoms with Crippen LogP contribution in [0.4, 0.5) is 0 Å². The fourth-order valence-corrected chi connectivity index (χ4v) is 2.56. The summed E-state index contributed by atoms with van der Waals surface area (Å²) in [5, 5.41) is 0. The van der Waals surface area contributed by atoms with Gasteiger partial charge in [0.25, 0.3) is 0 Å². The molecule has 0 aromatic rings. The second-order valence-electron chi connectivity index (χ2n) is 6.93. The molecule has 0 aliphatic heterocycles. The lowest BCUT2D eigenvalue weighted by molar-refractivity contribution is -0.139. The van der Waals surface area contributed by atoms with Crippen LogP contribution in [0.2, 0.25) is 0 Å². The van der Waals surface area contributed by atoms with Crippen molar-refractivity contribution >= 4 is 12.3 Å². The Labute approximate surface area is 160 Å². The van der Waals surface area contributed by atoms with Crippen molar-refractivity contribution in [2.75, 3.05) is 6.61 Å². The number of hydrogen-bond acceptors (Lipinski definition) is 3. The zero-order chi connectivity index (χ0) is 19.5. The Bertz CT molecular complexity index is 435. The van der Waals surface area contributed by atoms with Crippen molar-refractivity contribution in [3.05, 3.63) is 36.5 Å². The minimum Gasteiger partial charge on any atom is -0.462 e. The molecule has 1 unspecified atom stereocenters. The largest absolute Gasteiger partial charge is 0.462 e. The Morgan fingerprint density at radius 3 is 2.42 bits per heavy atom. The van der Waals surface area contributed by atoms with Gasteiger partial charge in [-0.05, 0) is 51.9 Å². The number of unbranched alkanes of at least 4 members (excludes halogenated alkanes) is 6. The molecule has 0 rings (SSSR count). The highest BCUT2D eigenvalue weighted by atomic mass is 16.5. The summed E-state index contributed by atoms with van der Waals surface area (Å²) in [5.74, 6) is -0.111. The molecule has 26 heavy (non-hydrogen) atoms. The SMILES string of the molecule is C=C(C)C(=O)OCCCCCC=CCC=CCC(C=O)CCCCCC. The smallest absolute Gasteiger partial charge is 0.333 e. The number of hydrogen-bond donors (Lipinski definition) is 0. The molecule has 0 spiro atoms. The van der Waals surface area contributed by atoms with Gasteiger partial charge in [0.05, 0.1) is 6.61 Å². The molecule has 0 saturated heterocycles. The summed E-state index contributed by atoms with van der Waals surface area (Å²) < 4.78 is 5.05. The molecule has 0 heterocycles. The lowest BCUT2D eigenvalue weighted by atomic mass is 9.98. The first-order valence-corrected chi connectivity index (χ1v) is 10.2. The molecule has 3 heteroatoms. The molecule has 0 aliphatic rings. The molecule has 0 aromatic carbocycles. The first-order valence-electron chi connectivity index (χ1n) is 10.2. The van der Waals surface area contributed by atoms with E-state index in [4.69, 9.17) is 4.74 Å². The van der Waals surface area contributed by atoms with Crippen LogP contribution in [0.5, 0.6) is 0 Å². The summed E-state index contributed by atoms with van der Waals surface area (Å²) in [6.45, 7) is 7.90. The Morgan fingerprint density at radius 1 is 1.00 bits per heavy atom. The zero-order valence-electron chi connectivity index (χ0n) is 16.9. The quantitative estimate of drug-likeness (QED) is 0.0996. The Balaban J connectivity index is 3.55. The first-order chi connectivity index (χ1) is 12.6. The van der Waals surface area contributed by atoms with E-state index in [1.807, 2.05) is 0 Å². The lowest BCUT2D eigenvalue weighted by Gasteiger charge is -2.06. The third kappa shape index (κ3) is 15.9. The van der Waals surface area contributed by atoms with Gasteiger partial charge >= 0.3 is 5.97 Å². The van der Waals surface area contributed by atoms with E-state index in [1.165, 1.54) is 19.3 Å². The number of carbonyl (C=O) groups excluding carboxylic acids is 2. The summed E-state index contributed by atoms with van der Waals surface area (Å²) in [6, 6.07) is 0. The Hall–Kier alpha value is -1.64. The minimum absolute atomic E-state index is 0.186. The molecule has 0 aromatic heterocycles. The van der Waals surface area contributed by atoms with Gasteiger partial charge in [-0.2, -0.15) is 0 Å². The average molecular weight is 363 g/mol. The zero-order valence-corrected chi connectivity index (χ0v) is 16.9. The number of aldehydes is 1. The molecule has 0 radical (unpaired) electrons. The van der Waals surface area contributed by atoms with Crippen molar-refractivity contribution < 1.29 is 14.3 Å². The van der Waals surface area contributed by atoms with Crippen molar-refractivity contribution in [1.29, 1.82) is 0 Å². The molecule has 0 bridgehead atoms. The number of esters is 1. The predicted molar refractivity (Wildman–Crippen MR) is 110 cm³/mol. The highest BCUT2D eigenvalue weighted by molar-refractivity contribution is 5.86. The third-order valence-corrected chi connectivity index (χ3v) is 4.26. The van der Waals surface area contributed by atoms with E-state index in [1.54, 1.807) is 6.92 Å².